The second kappa shape index (κ2) is 9.61. The van der Waals surface area contributed by atoms with Crippen LogP contribution in [0.4, 0.5) is 5.69 Å². The highest BCUT2D eigenvalue weighted by Gasteiger charge is 2.30. The Morgan fingerprint density at radius 2 is 1.62 bits per heavy atom. The largest absolute Gasteiger partial charge is 0.490 e. The van der Waals surface area contributed by atoms with Gasteiger partial charge in [-0.15, -0.1) is 0 Å². The number of carbonyl (C=O) groups is 1. The lowest BCUT2D eigenvalue weighted by atomic mass is 10.1. The first-order valence-corrected chi connectivity index (χ1v) is 12.8. The summed E-state index contributed by atoms with van der Waals surface area (Å²) in [5.41, 5.74) is 0.777. The first kappa shape index (κ1) is 22.6. The van der Waals surface area contributed by atoms with Gasteiger partial charge in [-0.2, -0.15) is 4.31 Å². The fourth-order valence-electron chi connectivity index (χ4n) is 4.31. The summed E-state index contributed by atoms with van der Waals surface area (Å²) < 4.78 is 39.1. The standard InChI is InChI=1S/C25H27N3O5S/c29-25(26-22-8-3-6-19-5-1-2-7-21(19)22)18-27-11-13-28(14-12-27)34(30,31)20-9-10-23-24(17-20)33-16-4-15-32-23/h1-3,5-10,17H,4,11-16,18H2,(H,26,29). The van der Waals surface area contributed by atoms with Crippen molar-refractivity contribution in [2.24, 2.45) is 0 Å². The van der Waals surface area contributed by atoms with Crippen molar-refractivity contribution >= 4 is 32.4 Å². The fraction of sp³-hybridized carbons (Fsp3) is 0.320. The number of carbonyl (C=O) groups excluding carboxylic acids is 1. The molecule has 1 fully saturated rings. The predicted molar refractivity (Wildman–Crippen MR) is 130 cm³/mol. The normalized spacial score (nSPS) is 17.3. The van der Waals surface area contributed by atoms with Crippen LogP contribution >= 0.6 is 0 Å². The van der Waals surface area contributed by atoms with E-state index in [9.17, 15) is 13.2 Å². The van der Waals surface area contributed by atoms with Crippen molar-refractivity contribution in [3.05, 3.63) is 60.7 Å². The fourth-order valence-corrected chi connectivity index (χ4v) is 5.75. The molecule has 1 amide bonds. The Morgan fingerprint density at radius 3 is 2.44 bits per heavy atom. The Labute approximate surface area is 199 Å². The molecule has 0 spiro atoms. The molecule has 0 atom stereocenters. The van der Waals surface area contributed by atoms with Crippen molar-refractivity contribution in [3.8, 4) is 11.5 Å². The van der Waals surface area contributed by atoms with Crippen LogP contribution in [0.2, 0.25) is 0 Å². The molecule has 1 N–H and O–H groups in total. The van der Waals surface area contributed by atoms with Gasteiger partial charge in [0.2, 0.25) is 15.9 Å². The smallest absolute Gasteiger partial charge is 0.243 e. The van der Waals surface area contributed by atoms with E-state index in [4.69, 9.17) is 9.47 Å². The van der Waals surface area contributed by atoms with Crippen LogP contribution in [-0.2, 0) is 14.8 Å². The SMILES string of the molecule is O=C(CN1CCN(S(=O)(=O)c2ccc3c(c2)OCCCO3)CC1)Nc1cccc2ccccc12. The summed E-state index contributed by atoms with van der Waals surface area (Å²) in [6.45, 7) is 2.85. The van der Waals surface area contributed by atoms with Crippen molar-refractivity contribution in [1.29, 1.82) is 0 Å². The number of piperazine rings is 1. The van der Waals surface area contributed by atoms with Crippen LogP contribution in [0.3, 0.4) is 0 Å². The summed E-state index contributed by atoms with van der Waals surface area (Å²) >= 11 is 0. The number of benzene rings is 3. The average molecular weight is 482 g/mol. The molecule has 0 unspecified atom stereocenters. The zero-order valence-corrected chi connectivity index (χ0v) is 19.6. The summed E-state index contributed by atoms with van der Waals surface area (Å²) in [5.74, 6) is 0.913. The first-order chi connectivity index (χ1) is 16.5. The third kappa shape index (κ3) is 4.72. The van der Waals surface area contributed by atoms with Gasteiger partial charge in [0.1, 0.15) is 0 Å². The molecule has 0 bridgehead atoms. The molecule has 2 aliphatic heterocycles. The highest BCUT2D eigenvalue weighted by molar-refractivity contribution is 7.89. The van der Waals surface area contributed by atoms with Crippen LogP contribution in [0.25, 0.3) is 10.8 Å². The topological polar surface area (TPSA) is 88.2 Å². The van der Waals surface area contributed by atoms with E-state index in [2.05, 4.69) is 5.32 Å². The van der Waals surface area contributed by atoms with Gasteiger partial charge in [0.15, 0.2) is 11.5 Å². The molecule has 178 valence electrons. The van der Waals surface area contributed by atoms with Crippen molar-refractivity contribution in [2.45, 2.75) is 11.3 Å². The molecule has 0 radical (unpaired) electrons. The minimum Gasteiger partial charge on any atom is -0.490 e. The second-order valence-corrected chi connectivity index (χ2v) is 10.4. The van der Waals surface area contributed by atoms with Crippen molar-refractivity contribution in [2.75, 3.05) is 51.3 Å². The summed E-state index contributed by atoms with van der Waals surface area (Å²) in [4.78, 5) is 14.8. The van der Waals surface area contributed by atoms with E-state index in [0.29, 0.717) is 50.9 Å². The summed E-state index contributed by atoms with van der Waals surface area (Å²) in [5, 5.41) is 5.05. The molecular formula is C25H27N3O5S. The number of amides is 1. The monoisotopic (exact) mass is 481 g/mol. The van der Waals surface area contributed by atoms with Crippen LogP contribution in [0.1, 0.15) is 6.42 Å². The number of hydrogen-bond acceptors (Lipinski definition) is 6. The molecule has 3 aromatic carbocycles. The number of sulfonamides is 1. The third-order valence-corrected chi connectivity index (χ3v) is 8.01. The lowest BCUT2D eigenvalue weighted by molar-refractivity contribution is -0.117. The molecule has 2 heterocycles. The Kier molecular flexibility index (Phi) is 6.40. The summed E-state index contributed by atoms with van der Waals surface area (Å²) in [7, 11) is -3.66. The number of fused-ring (bicyclic) bond motifs is 2. The molecular weight excluding hydrogens is 454 g/mol. The van der Waals surface area contributed by atoms with Crippen LogP contribution in [-0.4, -0.2) is 69.5 Å². The van der Waals surface area contributed by atoms with E-state index in [1.165, 1.54) is 4.31 Å². The molecule has 8 nitrogen and oxygen atoms in total. The molecule has 9 heteroatoms. The van der Waals surface area contributed by atoms with E-state index in [0.717, 1.165) is 22.9 Å². The van der Waals surface area contributed by atoms with Gasteiger partial charge >= 0.3 is 0 Å². The van der Waals surface area contributed by atoms with Gasteiger partial charge in [0.05, 0.1) is 24.7 Å². The average Bonchev–Trinajstić information content (AvgIpc) is 3.09. The number of nitrogens with zero attached hydrogens (tertiary/aromatic N) is 2. The molecule has 3 aromatic rings. The van der Waals surface area contributed by atoms with E-state index in [-0.39, 0.29) is 17.3 Å². The Hall–Kier alpha value is -3.14. The number of anilines is 1. The lowest BCUT2D eigenvalue weighted by Gasteiger charge is -2.33. The highest BCUT2D eigenvalue weighted by atomic mass is 32.2. The van der Waals surface area contributed by atoms with Gasteiger partial charge < -0.3 is 14.8 Å². The minimum atomic E-state index is -3.66. The second-order valence-electron chi connectivity index (χ2n) is 8.41. The number of ether oxygens (including phenoxy) is 2. The highest BCUT2D eigenvalue weighted by Crippen LogP contribution is 2.33. The van der Waals surface area contributed by atoms with E-state index >= 15 is 0 Å². The first-order valence-electron chi connectivity index (χ1n) is 11.4. The summed E-state index contributed by atoms with van der Waals surface area (Å²) in [6.07, 6.45) is 0.757. The molecule has 0 aliphatic carbocycles. The maximum atomic E-state index is 13.2. The molecule has 34 heavy (non-hydrogen) atoms. The third-order valence-electron chi connectivity index (χ3n) is 6.12. The Morgan fingerprint density at radius 1 is 0.882 bits per heavy atom. The van der Waals surface area contributed by atoms with Crippen LogP contribution in [0.5, 0.6) is 11.5 Å². The number of rotatable bonds is 5. The maximum absolute atomic E-state index is 13.2. The molecule has 1 saturated heterocycles. The Bertz CT molecular complexity index is 1300. The van der Waals surface area contributed by atoms with Gasteiger partial charge in [0.25, 0.3) is 0 Å². The zero-order chi connectivity index (χ0) is 23.5. The van der Waals surface area contributed by atoms with Gasteiger partial charge in [-0.1, -0.05) is 36.4 Å². The maximum Gasteiger partial charge on any atom is 0.243 e. The minimum absolute atomic E-state index is 0.115. The predicted octanol–water partition coefficient (Wildman–Crippen LogP) is 2.95. The van der Waals surface area contributed by atoms with E-state index in [1.54, 1.807) is 18.2 Å². The van der Waals surface area contributed by atoms with E-state index < -0.39 is 10.0 Å². The van der Waals surface area contributed by atoms with Gasteiger partial charge in [-0.3, -0.25) is 9.69 Å². The van der Waals surface area contributed by atoms with Crippen molar-refractivity contribution in [1.82, 2.24) is 9.21 Å². The van der Waals surface area contributed by atoms with Crippen LogP contribution < -0.4 is 14.8 Å². The molecule has 5 rings (SSSR count). The lowest BCUT2D eigenvalue weighted by Crippen LogP contribution is -2.50. The van der Waals surface area contributed by atoms with Crippen molar-refractivity contribution in [3.63, 3.8) is 0 Å². The number of nitrogens with one attached hydrogen (secondary N) is 1. The number of hydrogen-bond donors (Lipinski definition) is 1. The zero-order valence-electron chi connectivity index (χ0n) is 18.8. The van der Waals surface area contributed by atoms with Gasteiger partial charge in [-0.05, 0) is 23.6 Å². The van der Waals surface area contributed by atoms with Gasteiger partial charge in [-0.25, -0.2) is 8.42 Å². The quantitative estimate of drug-likeness (QED) is 0.603. The van der Waals surface area contributed by atoms with Crippen LogP contribution in [0, 0.1) is 0 Å². The van der Waals surface area contributed by atoms with E-state index in [1.807, 2.05) is 47.4 Å². The van der Waals surface area contributed by atoms with Crippen LogP contribution in [0.15, 0.2) is 65.6 Å². The molecule has 0 aromatic heterocycles. The molecule has 2 aliphatic rings. The van der Waals surface area contributed by atoms with Crippen molar-refractivity contribution < 1.29 is 22.7 Å². The molecule has 0 saturated carbocycles. The summed E-state index contributed by atoms with van der Waals surface area (Å²) in [6, 6.07) is 18.5. The van der Waals surface area contributed by atoms with Gasteiger partial charge in [0, 0.05) is 49.7 Å². The Balaban J connectivity index is 1.20.